The zero-order chi connectivity index (χ0) is 7.68. The van der Waals surface area contributed by atoms with Crippen LogP contribution in [0.2, 0.25) is 0 Å². The third-order valence-electron chi connectivity index (χ3n) is 3.26. The number of rotatable bonds is 2. The van der Waals surface area contributed by atoms with E-state index >= 15 is 0 Å². The van der Waals surface area contributed by atoms with Gasteiger partial charge in [-0.2, -0.15) is 0 Å². The molecule has 0 amide bonds. The van der Waals surface area contributed by atoms with Crippen LogP contribution in [-0.4, -0.2) is 30.1 Å². The lowest BCUT2D eigenvalue weighted by molar-refractivity contribution is 0.0492. The van der Waals surface area contributed by atoms with Crippen molar-refractivity contribution in [1.82, 2.24) is 4.90 Å². The molecule has 0 aromatic rings. The van der Waals surface area contributed by atoms with Crippen molar-refractivity contribution in [2.24, 2.45) is 5.73 Å². The first-order chi connectivity index (χ1) is 5.42. The minimum absolute atomic E-state index is 0.734. The molecule has 2 aliphatic rings. The van der Waals surface area contributed by atoms with Gasteiger partial charge in [0.1, 0.15) is 0 Å². The van der Waals surface area contributed by atoms with Crippen molar-refractivity contribution in [3.8, 4) is 0 Å². The Morgan fingerprint density at radius 1 is 1.18 bits per heavy atom. The summed E-state index contributed by atoms with van der Waals surface area (Å²) in [7, 11) is 0. The minimum atomic E-state index is 0.734. The first-order valence-corrected chi connectivity index (χ1v) is 4.87. The lowest BCUT2D eigenvalue weighted by Crippen LogP contribution is -2.55. The second-order valence-corrected chi connectivity index (χ2v) is 3.85. The Balaban J connectivity index is 1.84. The average Bonchev–Trinajstić information content (AvgIpc) is 2.39. The molecule has 11 heavy (non-hydrogen) atoms. The fourth-order valence-electron chi connectivity index (χ4n) is 2.43. The molecule has 1 atom stereocenters. The Kier molecular flexibility index (Phi) is 2.14. The van der Waals surface area contributed by atoms with Crippen molar-refractivity contribution in [2.75, 3.05) is 13.1 Å². The SMILES string of the molecule is NC[C@@H]1CCN1C1CCCC1. The van der Waals surface area contributed by atoms with Gasteiger partial charge in [0.05, 0.1) is 0 Å². The molecule has 2 fully saturated rings. The fourth-order valence-corrected chi connectivity index (χ4v) is 2.43. The molecule has 2 N–H and O–H groups in total. The lowest BCUT2D eigenvalue weighted by Gasteiger charge is -2.44. The Morgan fingerprint density at radius 3 is 2.36 bits per heavy atom. The normalized spacial score (nSPS) is 34.1. The maximum absolute atomic E-state index is 5.65. The van der Waals surface area contributed by atoms with Gasteiger partial charge < -0.3 is 5.73 Å². The standard InChI is InChI=1S/C9H18N2/c10-7-9-5-6-11(9)8-3-1-2-4-8/h8-9H,1-7,10H2/t9-/m0/s1. The highest BCUT2D eigenvalue weighted by Gasteiger charge is 2.33. The molecule has 1 saturated heterocycles. The second kappa shape index (κ2) is 3.11. The summed E-state index contributed by atoms with van der Waals surface area (Å²) in [6, 6.07) is 1.63. The van der Waals surface area contributed by atoms with Crippen molar-refractivity contribution < 1.29 is 0 Å². The van der Waals surface area contributed by atoms with Crippen LogP contribution in [0.1, 0.15) is 32.1 Å². The summed E-state index contributed by atoms with van der Waals surface area (Å²) < 4.78 is 0. The number of nitrogens with zero attached hydrogens (tertiary/aromatic N) is 1. The maximum Gasteiger partial charge on any atom is 0.0233 e. The maximum atomic E-state index is 5.65. The largest absolute Gasteiger partial charge is 0.329 e. The highest BCUT2D eigenvalue weighted by Crippen LogP contribution is 2.30. The molecule has 2 heteroatoms. The number of nitrogens with two attached hydrogens (primary N) is 1. The van der Waals surface area contributed by atoms with Crippen LogP contribution in [0.5, 0.6) is 0 Å². The molecule has 64 valence electrons. The first-order valence-electron chi connectivity index (χ1n) is 4.87. The molecular weight excluding hydrogens is 136 g/mol. The molecule has 0 bridgehead atoms. The van der Waals surface area contributed by atoms with Gasteiger partial charge in [-0.3, -0.25) is 4.90 Å². The van der Waals surface area contributed by atoms with Crippen LogP contribution in [0.25, 0.3) is 0 Å². The van der Waals surface area contributed by atoms with E-state index in [0.29, 0.717) is 0 Å². The third kappa shape index (κ3) is 1.30. The number of likely N-dealkylation sites (tertiary alicyclic amines) is 1. The highest BCUT2D eigenvalue weighted by atomic mass is 15.2. The van der Waals surface area contributed by atoms with E-state index < -0.39 is 0 Å². The van der Waals surface area contributed by atoms with Gasteiger partial charge in [-0.25, -0.2) is 0 Å². The molecule has 2 nitrogen and oxygen atoms in total. The number of hydrogen-bond donors (Lipinski definition) is 1. The predicted octanol–water partition coefficient (Wildman–Crippen LogP) is 0.962. The van der Waals surface area contributed by atoms with Gasteiger partial charge in [0.2, 0.25) is 0 Å². The lowest BCUT2D eigenvalue weighted by atomic mass is 9.99. The van der Waals surface area contributed by atoms with E-state index in [1.165, 1.54) is 38.6 Å². The van der Waals surface area contributed by atoms with E-state index in [-0.39, 0.29) is 0 Å². The van der Waals surface area contributed by atoms with Crippen LogP contribution in [0.15, 0.2) is 0 Å². The summed E-state index contributed by atoms with van der Waals surface area (Å²) in [5.74, 6) is 0. The van der Waals surface area contributed by atoms with E-state index in [0.717, 1.165) is 18.6 Å². The average molecular weight is 154 g/mol. The smallest absolute Gasteiger partial charge is 0.0233 e. The third-order valence-corrected chi connectivity index (χ3v) is 3.26. The van der Waals surface area contributed by atoms with Gasteiger partial charge in [0, 0.05) is 25.2 Å². The van der Waals surface area contributed by atoms with Crippen molar-refractivity contribution in [1.29, 1.82) is 0 Å². The Labute approximate surface area is 68.7 Å². The van der Waals surface area contributed by atoms with Crippen LogP contribution in [0.3, 0.4) is 0 Å². The zero-order valence-electron chi connectivity index (χ0n) is 7.13. The van der Waals surface area contributed by atoms with Crippen molar-refractivity contribution in [3.63, 3.8) is 0 Å². The van der Waals surface area contributed by atoms with Gasteiger partial charge in [0.25, 0.3) is 0 Å². The van der Waals surface area contributed by atoms with Crippen LogP contribution >= 0.6 is 0 Å². The van der Waals surface area contributed by atoms with Gasteiger partial charge >= 0.3 is 0 Å². The fraction of sp³-hybridized carbons (Fsp3) is 1.00. The summed E-state index contributed by atoms with van der Waals surface area (Å²) in [4.78, 5) is 2.62. The Morgan fingerprint density at radius 2 is 1.91 bits per heavy atom. The van der Waals surface area contributed by atoms with Crippen LogP contribution in [0.4, 0.5) is 0 Å². The molecule has 0 radical (unpaired) electrons. The van der Waals surface area contributed by atoms with E-state index in [1.807, 2.05) is 0 Å². The minimum Gasteiger partial charge on any atom is -0.329 e. The van der Waals surface area contributed by atoms with Gasteiger partial charge in [0.15, 0.2) is 0 Å². The van der Waals surface area contributed by atoms with Gasteiger partial charge in [-0.05, 0) is 19.3 Å². The molecule has 0 spiro atoms. The first kappa shape index (κ1) is 7.56. The molecule has 1 saturated carbocycles. The molecule has 0 unspecified atom stereocenters. The molecular formula is C9H18N2. The molecule has 1 aliphatic heterocycles. The van der Waals surface area contributed by atoms with E-state index in [1.54, 1.807) is 0 Å². The Hall–Kier alpha value is -0.0800. The summed E-state index contributed by atoms with van der Waals surface area (Å²) in [6.45, 7) is 2.18. The summed E-state index contributed by atoms with van der Waals surface area (Å²) in [5, 5.41) is 0. The number of hydrogen-bond acceptors (Lipinski definition) is 2. The van der Waals surface area contributed by atoms with Crippen molar-refractivity contribution >= 4 is 0 Å². The van der Waals surface area contributed by atoms with Crippen LogP contribution in [0, 0.1) is 0 Å². The van der Waals surface area contributed by atoms with Crippen LogP contribution < -0.4 is 5.73 Å². The quantitative estimate of drug-likeness (QED) is 0.642. The van der Waals surface area contributed by atoms with Crippen LogP contribution in [-0.2, 0) is 0 Å². The van der Waals surface area contributed by atoms with E-state index in [2.05, 4.69) is 4.90 Å². The predicted molar refractivity (Wildman–Crippen MR) is 46.4 cm³/mol. The topological polar surface area (TPSA) is 29.3 Å². The molecule has 1 aliphatic carbocycles. The van der Waals surface area contributed by atoms with Gasteiger partial charge in [-0.1, -0.05) is 12.8 Å². The summed E-state index contributed by atoms with van der Waals surface area (Å²) >= 11 is 0. The van der Waals surface area contributed by atoms with Crippen molar-refractivity contribution in [2.45, 2.75) is 44.2 Å². The zero-order valence-corrected chi connectivity index (χ0v) is 7.13. The molecule has 0 aromatic heterocycles. The molecule has 1 heterocycles. The van der Waals surface area contributed by atoms with Crippen molar-refractivity contribution in [3.05, 3.63) is 0 Å². The highest BCUT2D eigenvalue weighted by molar-refractivity contribution is 4.90. The van der Waals surface area contributed by atoms with Gasteiger partial charge in [-0.15, -0.1) is 0 Å². The summed E-state index contributed by atoms with van der Waals surface area (Å²) in [5.41, 5.74) is 5.65. The Bertz CT molecular complexity index is 128. The second-order valence-electron chi connectivity index (χ2n) is 3.85. The summed E-state index contributed by atoms with van der Waals surface area (Å²) in [6.07, 6.45) is 7.08. The molecule has 0 aromatic carbocycles. The molecule has 2 rings (SSSR count). The van der Waals surface area contributed by atoms with E-state index in [4.69, 9.17) is 5.73 Å². The monoisotopic (exact) mass is 154 g/mol. The van der Waals surface area contributed by atoms with E-state index in [9.17, 15) is 0 Å².